The van der Waals surface area contributed by atoms with Crippen molar-refractivity contribution in [2.24, 2.45) is 0 Å². The predicted molar refractivity (Wildman–Crippen MR) is 97.9 cm³/mol. The summed E-state index contributed by atoms with van der Waals surface area (Å²) in [4.78, 5) is 30.7. The highest BCUT2D eigenvalue weighted by Gasteiger charge is 2.31. The molecule has 0 saturated carbocycles. The van der Waals surface area contributed by atoms with Crippen molar-refractivity contribution in [3.63, 3.8) is 0 Å². The fourth-order valence-electron chi connectivity index (χ4n) is 3.47. The van der Waals surface area contributed by atoms with Crippen LogP contribution in [0.5, 0.6) is 5.75 Å². The number of methoxy groups -OCH3 is 1. The second-order valence-electron chi connectivity index (χ2n) is 6.50. The van der Waals surface area contributed by atoms with Gasteiger partial charge in [0, 0.05) is 19.5 Å². The molecule has 138 valence electrons. The number of fused-ring (bicyclic) bond motifs is 1. The van der Waals surface area contributed by atoms with Gasteiger partial charge < -0.3 is 14.7 Å². The zero-order chi connectivity index (χ0) is 18.8. The second kappa shape index (κ2) is 7.19. The van der Waals surface area contributed by atoms with E-state index in [4.69, 9.17) is 4.74 Å². The number of aryl methyl sites for hydroxylation is 2. The Hall–Kier alpha value is -2.83. The lowest BCUT2D eigenvalue weighted by atomic mass is 10.1. The molecule has 0 fully saturated rings. The summed E-state index contributed by atoms with van der Waals surface area (Å²) in [5.74, 6) is 0.321. The first-order valence-corrected chi connectivity index (χ1v) is 8.67. The van der Waals surface area contributed by atoms with Crippen molar-refractivity contribution in [2.45, 2.75) is 39.3 Å². The van der Waals surface area contributed by atoms with Crippen LogP contribution in [0.1, 0.15) is 36.3 Å². The van der Waals surface area contributed by atoms with Crippen LogP contribution in [-0.2, 0) is 17.8 Å². The number of hydrogen-bond acceptors (Lipinski definition) is 5. The molecule has 0 radical (unpaired) electrons. The highest BCUT2D eigenvalue weighted by molar-refractivity contribution is 5.72. The van der Waals surface area contributed by atoms with Crippen molar-refractivity contribution in [1.29, 1.82) is 0 Å². The van der Waals surface area contributed by atoms with E-state index in [0.717, 1.165) is 16.9 Å². The molecule has 0 amide bonds. The van der Waals surface area contributed by atoms with Crippen LogP contribution in [0.15, 0.2) is 29.2 Å². The first-order chi connectivity index (χ1) is 12.4. The Morgan fingerprint density at radius 3 is 2.85 bits per heavy atom. The molecule has 0 saturated heterocycles. The van der Waals surface area contributed by atoms with Crippen LogP contribution in [0.25, 0.3) is 0 Å². The van der Waals surface area contributed by atoms with Gasteiger partial charge >= 0.3 is 5.97 Å². The molecule has 3 rings (SSSR count). The maximum absolute atomic E-state index is 12.9. The molecule has 1 aliphatic heterocycles. The highest BCUT2D eigenvalue weighted by atomic mass is 16.5. The van der Waals surface area contributed by atoms with Crippen molar-refractivity contribution >= 4 is 11.7 Å². The number of ether oxygens (including phenoxy) is 1. The Balaban J connectivity index is 1.97. The second-order valence-corrected chi connectivity index (χ2v) is 6.50. The minimum Gasteiger partial charge on any atom is -0.497 e. The van der Waals surface area contributed by atoms with Gasteiger partial charge in [0.05, 0.1) is 13.3 Å². The number of anilines is 1. The SMILES string of the molecule is CCN(Cc1cc(C)cc(OC)c1)c1cnc2n(c1=O)[C@H](C(=O)O)CC2. The number of carboxylic acid groups (broad SMARTS) is 1. The molecule has 7 nitrogen and oxygen atoms in total. The van der Waals surface area contributed by atoms with E-state index in [1.807, 2.05) is 36.9 Å². The molecule has 1 N–H and O–H groups in total. The first kappa shape index (κ1) is 18.0. The molecular weight excluding hydrogens is 334 g/mol. The third kappa shape index (κ3) is 3.29. The molecule has 0 aliphatic carbocycles. The molecule has 7 heteroatoms. The van der Waals surface area contributed by atoms with E-state index in [9.17, 15) is 14.7 Å². The van der Waals surface area contributed by atoms with Crippen LogP contribution in [0.3, 0.4) is 0 Å². The van der Waals surface area contributed by atoms with Gasteiger partial charge in [-0.05, 0) is 43.5 Å². The molecular formula is C19H23N3O4. The zero-order valence-electron chi connectivity index (χ0n) is 15.2. The monoisotopic (exact) mass is 357 g/mol. The van der Waals surface area contributed by atoms with Gasteiger partial charge in [0.1, 0.15) is 23.3 Å². The molecule has 1 atom stereocenters. The fraction of sp³-hybridized carbons (Fsp3) is 0.421. The van der Waals surface area contributed by atoms with Gasteiger partial charge in [0.15, 0.2) is 0 Å². The van der Waals surface area contributed by atoms with Gasteiger partial charge in [0.2, 0.25) is 0 Å². The lowest BCUT2D eigenvalue weighted by Gasteiger charge is -2.24. The van der Waals surface area contributed by atoms with Gasteiger partial charge in [-0.3, -0.25) is 9.36 Å². The van der Waals surface area contributed by atoms with Crippen LogP contribution in [0.2, 0.25) is 0 Å². The fourth-order valence-corrected chi connectivity index (χ4v) is 3.47. The first-order valence-electron chi connectivity index (χ1n) is 8.67. The summed E-state index contributed by atoms with van der Waals surface area (Å²) in [6.07, 6.45) is 2.48. The summed E-state index contributed by atoms with van der Waals surface area (Å²) in [5, 5.41) is 9.38. The van der Waals surface area contributed by atoms with Crippen molar-refractivity contribution < 1.29 is 14.6 Å². The van der Waals surface area contributed by atoms with E-state index < -0.39 is 12.0 Å². The van der Waals surface area contributed by atoms with Crippen LogP contribution in [-0.4, -0.2) is 34.3 Å². The minimum absolute atomic E-state index is 0.290. The molecule has 26 heavy (non-hydrogen) atoms. The molecule has 2 heterocycles. The smallest absolute Gasteiger partial charge is 0.326 e. The maximum Gasteiger partial charge on any atom is 0.326 e. The maximum atomic E-state index is 12.9. The third-order valence-electron chi connectivity index (χ3n) is 4.73. The van der Waals surface area contributed by atoms with Gasteiger partial charge in [0.25, 0.3) is 5.56 Å². The van der Waals surface area contributed by atoms with E-state index in [1.54, 1.807) is 13.3 Å². The number of carbonyl (C=O) groups is 1. The number of aromatic nitrogens is 2. The Kier molecular flexibility index (Phi) is 4.97. The lowest BCUT2D eigenvalue weighted by Crippen LogP contribution is -2.35. The molecule has 2 aromatic rings. The van der Waals surface area contributed by atoms with E-state index in [2.05, 4.69) is 4.98 Å². The normalized spacial score (nSPS) is 15.6. The summed E-state index contributed by atoms with van der Waals surface area (Å²) < 4.78 is 6.65. The van der Waals surface area contributed by atoms with Crippen LogP contribution in [0, 0.1) is 6.92 Å². The summed E-state index contributed by atoms with van der Waals surface area (Å²) in [7, 11) is 1.62. The number of carboxylic acids is 1. The van der Waals surface area contributed by atoms with E-state index in [-0.39, 0.29) is 5.56 Å². The van der Waals surface area contributed by atoms with Crippen molar-refractivity contribution in [3.05, 3.63) is 51.7 Å². The number of benzene rings is 1. The molecule has 0 unspecified atom stereocenters. The topological polar surface area (TPSA) is 84.7 Å². The number of rotatable bonds is 6. The van der Waals surface area contributed by atoms with Crippen LogP contribution < -0.4 is 15.2 Å². The molecule has 0 bridgehead atoms. The number of hydrogen-bond donors (Lipinski definition) is 1. The van der Waals surface area contributed by atoms with Gasteiger partial charge in [-0.2, -0.15) is 0 Å². The Bertz CT molecular complexity index is 891. The zero-order valence-corrected chi connectivity index (χ0v) is 15.2. The quantitative estimate of drug-likeness (QED) is 0.853. The summed E-state index contributed by atoms with van der Waals surface area (Å²) >= 11 is 0. The van der Waals surface area contributed by atoms with Gasteiger partial charge in [-0.1, -0.05) is 6.07 Å². The third-order valence-corrected chi connectivity index (χ3v) is 4.73. The summed E-state index contributed by atoms with van der Waals surface area (Å²) in [6.45, 7) is 5.07. The molecule has 0 spiro atoms. The van der Waals surface area contributed by atoms with Crippen molar-refractivity contribution in [2.75, 3.05) is 18.6 Å². The number of nitrogens with zero attached hydrogens (tertiary/aromatic N) is 3. The summed E-state index contributed by atoms with van der Waals surface area (Å²) in [5.41, 5.74) is 2.22. The van der Waals surface area contributed by atoms with Crippen LogP contribution in [0.4, 0.5) is 5.69 Å². The average molecular weight is 357 g/mol. The van der Waals surface area contributed by atoms with Crippen molar-refractivity contribution in [1.82, 2.24) is 9.55 Å². The number of aliphatic carboxylic acids is 1. The van der Waals surface area contributed by atoms with Gasteiger partial charge in [-0.25, -0.2) is 9.78 Å². The molecule has 1 aromatic heterocycles. The van der Waals surface area contributed by atoms with E-state index >= 15 is 0 Å². The molecule has 1 aliphatic rings. The Morgan fingerprint density at radius 2 is 2.19 bits per heavy atom. The average Bonchev–Trinajstić information content (AvgIpc) is 3.05. The van der Waals surface area contributed by atoms with E-state index in [1.165, 1.54) is 4.57 Å². The largest absolute Gasteiger partial charge is 0.497 e. The lowest BCUT2D eigenvalue weighted by molar-refractivity contribution is -0.140. The molecule has 1 aromatic carbocycles. The summed E-state index contributed by atoms with van der Waals surface area (Å²) in [6, 6.07) is 5.10. The van der Waals surface area contributed by atoms with Crippen LogP contribution >= 0.6 is 0 Å². The standard InChI is InChI=1S/C19H23N3O4/c1-4-21(11-13-7-12(2)8-14(9-13)26-3)16-10-20-17-6-5-15(19(24)25)22(17)18(16)23/h7-10,15H,4-6,11H2,1-3H3,(H,24,25)/t15-/m0/s1. The minimum atomic E-state index is -0.990. The van der Waals surface area contributed by atoms with E-state index in [0.29, 0.717) is 37.4 Å². The Labute approximate surface area is 151 Å². The predicted octanol–water partition coefficient (Wildman–Crippen LogP) is 2.16. The van der Waals surface area contributed by atoms with Crippen molar-refractivity contribution in [3.8, 4) is 5.75 Å². The Morgan fingerprint density at radius 1 is 1.42 bits per heavy atom. The highest BCUT2D eigenvalue weighted by Crippen LogP contribution is 2.25. The van der Waals surface area contributed by atoms with Gasteiger partial charge in [-0.15, -0.1) is 0 Å².